The van der Waals surface area contributed by atoms with E-state index in [0.717, 1.165) is 12.5 Å². The Balaban J connectivity index is 1.96. The van der Waals surface area contributed by atoms with Crippen LogP contribution in [0.1, 0.15) is 51.9 Å². The van der Waals surface area contributed by atoms with E-state index in [1.165, 1.54) is 44.9 Å². The van der Waals surface area contributed by atoms with E-state index < -0.39 is 0 Å². The topological polar surface area (TPSA) is 46.3 Å². The summed E-state index contributed by atoms with van der Waals surface area (Å²) in [6.07, 6.45) is 8.86. The molecule has 16 heavy (non-hydrogen) atoms. The number of amides is 1. The molecule has 2 N–H and O–H groups in total. The Hall–Kier alpha value is -0.570. The number of hydrogen-bond donors (Lipinski definition) is 1. The molecule has 2 aliphatic rings. The van der Waals surface area contributed by atoms with Crippen molar-refractivity contribution in [1.82, 2.24) is 4.90 Å². The molecule has 0 unspecified atom stereocenters. The monoisotopic (exact) mass is 224 g/mol. The second kappa shape index (κ2) is 5.17. The van der Waals surface area contributed by atoms with Gasteiger partial charge in [0, 0.05) is 12.6 Å². The van der Waals surface area contributed by atoms with Gasteiger partial charge in [-0.1, -0.05) is 19.3 Å². The second-order valence-corrected chi connectivity index (χ2v) is 5.51. The maximum atomic E-state index is 12.1. The van der Waals surface area contributed by atoms with Crippen molar-refractivity contribution in [3.8, 4) is 0 Å². The fourth-order valence-corrected chi connectivity index (χ4v) is 2.65. The molecular weight excluding hydrogens is 200 g/mol. The SMILES string of the molecule is C[C@H](N)C(=O)N(CC1CC1)C1CCCCC1. The van der Waals surface area contributed by atoms with Crippen LogP contribution in [-0.4, -0.2) is 29.4 Å². The predicted molar refractivity (Wildman–Crippen MR) is 65.0 cm³/mol. The number of carbonyl (C=O) groups excluding carboxylic acids is 1. The molecule has 2 saturated carbocycles. The van der Waals surface area contributed by atoms with Crippen LogP contribution in [0.4, 0.5) is 0 Å². The third-order valence-corrected chi connectivity index (χ3v) is 3.84. The minimum absolute atomic E-state index is 0.166. The molecule has 0 heterocycles. The number of nitrogens with zero attached hydrogens (tertiary/aromatic N) is 1. The van der Waals surface area contributed by atoms with Crippen molar-refractivity contribution in [3.05, 3.63) is 0 Å². The number of carbonyl (C=O) groups is 1. The van der Waals surface area contributed by atoms with Crippen molar-refractivity contribution >= 4 is 5.91 Å². The van der Waals surface area contributed by atoms with Gasteiger partial charge in [-0.05, 0) is 38.5 Å². The van der Waals surface area contributed by atoms with Crippen molar-refractivity contribution < 1.29 is 4.79 Å². The zero-order valence-corrected chi connectivity index (χ0v) is 10.3. The molecule has 0 aromatic carbocycles. The number of nitrogens with two attached hydrogens (primary N) is 1. The summed E-state index contributed by atoms with van der Waals surface area (Å²) in [7, 11) is 0. The lowest BCUT2D eigenvalue weighted by Gasteiger charge is -2.35. The average Bonchev–Trinajstić information content (AvgIpc) is 3.10. The van der Waals surface area contributed by atoms with Crippen LogP contribution >= 0.6 is 0 Å². The predicted octanol–water partition coefficient (Wildman–Crippen LogP) is 1.90. The van der Waals surface area contributed by atoms with Crippen LogP contribution in [0.15, 0.2) is 0 Å². The van der Waals surface area contributed by atoms with Crippen LogP contribution in [0.5, 0.6) is 0 Å². The summed E-state index contributed by atoms with van der Waals surface area (Å²) in [5, 5.41) is 0. The van der Waals surface area contributed by atoms with Crippen LogP contribution < -0.4 is 5.73 Å². The van der Waals surface area contributed by atoms with Gasteiger partial charge in [0.2, 0.25) is 5.91 Å². The molecule has 2 fully saturated rings. The highest BCUT2D eigenvalue weighted by Gasteiger charge is 2.32. The first-order valence-electron chi connectivity index (χ1n) is 6.74. The van der Waals surface area contributed by atoms with Gasteiger partial charge in [-0.25, -0.2) is 0 Å². The third-order valence-electron chi connectivity index (χ3n) is 3.84. The molecule has 0 aromatic heterocycles. The first-order chi connectivity index (χ1) is 7.68. The molecule has 0 aliphatic heterocycles. The standard InChI is InChI=1S/C13H24N2O/c1-10(14)13(16)15(9-11-7-8-11)12-5-3-2-4-6-12/h10-12H,2-9,14H2,1H3/t10-/m0/s1. The maximum absolute atomic E-state index is 12.1. The van der Waals surface area contributed by atoms with Gasteiger partial charge < -0.3 is 10.6 Å². The molecule has 2 rings (SSSR count). The molecule has 0 bridgehead atoms. The van der Waals surface area contributed by atoms with E-state index >= 15 is 0 Å². The van der Waals surface area contributed by atoms with E-state index in [4.69, 9.17) is 5.73 Å². The quantitative estimate of drug-likeness (QED) is 0.793. The zero-order chi connectivity index (χ0) is 11.5. The summed E-state index contributed by atoms with van der Waals surface area (Å²) in [6.45, 7) is 2.77. The third kappa shape index (κ3) is 2.97. The Morgan fingerprint density at radius 3 is 2.38 bits per heavy atom. The normalized spacial score (nSPS) is 24.1. The van der Waals surface area contributed by atoms with Gasteiger partial charge in [0.15, 0.2) is 0 Å². The maximum Gasteiger partial charge on any atom is 0.239 e. The van der Waals surface area contributed by atoms with Gasteiger partial charge >= 0.3 is 0 Å². The Bertz CT molecular complexity index is 242. The van der Waals surface area contributed by atoms with E-state index in [1.54, 1.807) is 0 Å². The highest BCUT2D eigenvalue weighted by atomic mass is 16.2. The highest BCUT2D eigenvalue weighted by Crippen LogP contribution is 2.32. The van der Waals surface area contributed by atoms with Gasteiger partial charge in [-0.2, -0.15) is 0 Å². The first kappa shape index (κ1) is 11.9. The molecule has 2 aliphatic carbocycles. The Kier molecular flexibility index (Phi) is 3.85. The molecule has 0 spiro atoms. The smallest absolute Gasteiger partial charge is 0.239 e. The second-order valence-electron chi connectivity index (χ2n) is 5.51. The van der Waals surface area contributed by atoms with Crippen molar-refractivity contribution in [2.24, 2.45) is 11.7 Å². The lowest BCUT2D eigenvalue weighted by Crippen LogP contribution is -2.49. The Morgan fingerprint density at radius 1 is 1.25 bits per heavy atom. The number of hydrogen-bond acceptors (Lipinski definition) is 2. The summed E-state index contributed by atoms with van der Waals surface area (Å²) in [6, 6.07) is 0.147. The fourth-order valence-electron chi connectivity index (χ4n) is 2.65. The van der Waals surface area contributed by atoms with Crippen molar-refractivity contribution in [2.75, 3.05) is 6.54 Å². The van der Waals surface area contributed by atoms with Crippen molar-refractivity contribution in [2.45, 2.75) is 64.0 Å². The van der Waals surface area contributed by atoms with Gasteiger partial charge in [0.25, 0.3) is 0 Å². The lowest BCUT2D eigenvalue weighted by molar-refractivity contribution is -0.135. The molecule has 0 saturated heterocycles. The van der Waals surface area contributed by atoms with Gasteiger partial charge in [-0.15, -0.1) is 0 Å². The minimum atomic E-state index is -0.333. The van der Waals surface area contributed by atoms with E-state index in [9.17, 15) is 4.79 Å². The van der Waals surface area contributed by atoms with Crippen molar-refractivity contribution in [3.63, 3.8) is 0 Å². The summed E-state index contributed by atoms with van der Waals surface area (Å²) in [5.41, 5.74) is 5.75. The molecule has 3 heteroatoms. The fraction of sp³-hybridized carbons (Fsp3) is 0.923. The van der Waals surface area contributed by atoms with Crippen molar-refractivity contribution in [1.29, 1.82) is 0 Å². The van der Waals surface area contributed by atoms with E-state index in [1.807, 2.05) is 6.92 Å². The van der Waals surface area contributed by atoms with Gasteiger partial charge in [-0.3, -0.25) is 4.79 Å². The molecule has 3 nitrogen and oxygen atoms in total. The number of rotatable bonds is 4. The van der Waals surface area contributed by atoms with Gasteiger partial charge in [0.05, 0.1) is 6.04 Å². The molecule has 92 valence electrons. The summed E-state index contributed by atoms with van der Waals surface area (Å²) >= 11 is 0. The lowest BCUT2D eigenvalue weighted by atomic mass is 9.93. The average molecular weight is 224 g/mol. The van der Waals surface area contributed by atoms with Gasteiger partial charge in [0.1, 0.15) is 0 Å². The minimum Gasteiger partial charge on any atom is -0.338 e. The van der Waals surface area contributed by atoms with E-state index in [-0.39, 0.29) is 11.9 Å². The van der Waals surface area contributed by atoms with Crippen LogP contribution in [0.25, 0.3) is 0 Å². The first-order valence-corrected chi connectivity index (χ1v) is 6.74. The summed E-state index contributed by atoms with van der Waals surface area (Å²) < 4.78 is 0. The molecule has 1 amide bonds. The van der Waals surface area contributed by atoms with Crippen LogP contribution in [0, 0.1) is 5.92 Å². The zero-order valence-electron chi connectivity index (χ0n) is 10.3. The summed E-state index contributed by atoms with van der Waals surface area (Å²) in [4.78, 5) is 14.2. The molecule has 0 radical (unpaired) electrons. The molecule has 1 atom stereocenters. The Morgan fingerprint density at radius 2 is 1.88 bits per heavy atom. The highest BCUT2D eigenvalue weighted by molar-refractivity contribution is 5.81. The Labute approximate surface area is 98.4 Å². The van der Waals surface area contributed by atoms with Crippen LogP contribution in [-0.2, 0) is 4.79 Å². The van der Waals surface area contributed by atoms with Crippen LogP contribution in [0.2, 0.25) is 0 Å². The van der Waals surface area contributed by atoms with E-state index in [2.05, 4.69) is 4.90 Å². The molecule has 0 aromatic rings. The molecular formula is C13H24N2O. The van der Waals surface area contributed by atoms with Crippen LogP contribution in [0.3, 0.4) is 0 Å². The largest absolute Gasteiger partial charge is 0.338 e. The summed E-state index contributed by atoms with van der Waals surface area (Å²) in [5.74, 6) is 0.934. The van der Waals surface area contributed by atoms with E-state index in [0.29, 0.717) is 6.04 Å².